The molecule has 0 N–H and O–H groups in total. The minimum atomic E-state index is -0.924. The Bertz CT molecular complexity index is 492. The molecule has 0 radical (unpaired) electrons. The molecule has 2 saturated carbocycles. The Labute approximate surface area is 88.9 Å². The molecule has 0 amide bonds. The lowest BCUT2D eigenvalue weighted by Gasteiger charge is -2.17. The van der Waals surface area contributed by atoms with Crippen molar-refractivity contribution in [2.24, 2.45) is 29.1 Å². The molecule has 0 aromatic carbocycles. The van der Waals surface area contributed by atoms with Gasteiger partial charge >= 0.3 is 23.9 Å². The molecule has 6 heteroatoms. The Hall–Kier alpha value is -1.72. The lowest BCUT2D eigenvalue weighted by atomic mass is 9.83. The highest BCUT2D eigenvalue weighted by molar-refractivity contribution is 6.09. The van der Waals surface area contributed by atoms with Crippen molar-refractivity contribution in [1.82, 2.24) is 0 Å². The van der Waals surface area contributed by atoms with Gasteiger partial charge in [-0.05, 0) is 12.3 Å². The van der Waals surface area contributed by atoms with Crippen molar-refractivity contribution < 1.29 is 28.7 Å². The molecule has 4 fully saturated rings. The van der Waals surface area contributed by atoms with E-state index in [1.165, 1.54) is 0 Å². The topological polar surface area (TPSA) is 86.7 Å². The summed E-state index contributed by atoms with van der Waals surface area (Å²) < 4.78 is 9.13. The highest BCUT2D eigenvalue weighted by Gasteiger charge is 2.85. The minimum absolute atomic E-state index is 0.187. The largest absolute Gasteiger partial charge is 0.393 e. The quantitative estimate of drug-likeness (QED) is 0.387. The Kier molecular flexibility index (Phi) is 1.08. The summed E-state index contributed by atoms with van der Waals surface area (Å²) in [7, 11) is 0. The first-order valence-corrected chi connectivity index (χ1v) is 5.09. The average molecular weight is 222 g/mol. The summed E-state index contributed by atoms with van der Waals surface area (Å²) in [5.41, 5.74) is -0.924. The summed E-state index contributed by atoms with van der Waals surface area (Å²) in [6, 6.07) is 0. The molecule has 0 aromatic heterocycles. The van der Waals surface area contributed by atoms with Crippen molar-refractivity contribution in [1.29, 1.82) is 0 Å². The van der Waals surface area contributed by atoms with Crippen molar-refractivity contribution in [3.05, 3.63) is 0 Å². The number of carbonyl (C=O) groups excluding carboxylic acids is 4. The van der Waals surface area contributed by atoms with Crippen molar-refractivity contribution in [2.45, 2.75) is 6.42 Å². The Balaban J connectivity index is 1.94. The van der Waals surface area contributed by atoms with Gasteiger partial charge in [0.1, 0.15) is 0 Å². The Morgan fingerprint density at radius 2 is 1.62 bits per heavy atom. The number of carbonyl (C=O) groups is 4. The number of fused-ring (bicyclic) bond motifs is 2. The number of rotatable bonds is 0. The van der Waals surface area contributed by atoms with Gasteiger partial charge in [-0.15, -0.1) is 0 Å². The SMILES string of the molecule is O=C1OC(=O)C23CC2C1C1C(=O)OC(=O)C13. The van der Waals surface area contributed by atoms with E-state index in [-0.39, 0.29) is 5.92 Å². The van der Waals surface area contributed by atoms with Gasteiger partial charge in [0.15, 0.2) is 0 Å². The lowest BCUT2D eigenvalue weighted by Crippen LogP contribution is -2.34. The zero-order valence-electron chi connectivity index (χ0n) is 7.97. The van der Waals surface area contributed by atoms with E-state index in [2.05, 4.69) is 9.47 Å². The van der Waals surface area contributed by atoms with Crippen LogP contribution in [0.2, 0.25) is 0 Å². The lowest BCUT2D eigenvalue weighted by molar-refractivity contribution is -0.174. The molecule has 4 aliphatic rings. The van der Waals surface area contributed by atoms with Crippen molar-refractivity contribution >= 4 is 23.9 Å². The van der Waals surface area contributed by atoms with Crippen LogP contribution >= 0.6 is 0 Å². The van der Waals surface area contributed by atoms with Crippen LogP contribution in [0, 0.1) is 29.1 Å². The Morgan fingerprint density at radius 1 is 0.938 bits per heavy atom. The smallest absolute Gasteiger partial charge is 0.320 e. The predicted molar refractivity (Wildman–Crippen MR) is 43.2 cm³/mol. The molecule has 4 rings (SSSR count). The number of hydrogen-bond acceptors (Lipinski definition) is 6. The van der Waals surface area contributed by atoms with E-state index < -0.39 is 47.0 Å². The highest BCUT2D eigenvalue weighted by Crippen LogP contribution is 2.75. The van der Waals surface area contributed by atoms with E-state index in [0.717, 1.165) is 0 Å². The van der Waals surface area contributed by atoms with Gasteiger partial charge in [0, 0.05) is 0 Å². The molecular weight excluding hydrogens is 216 g/mol. The fourth-order valence-electron chi connectivity index (χ4n) is 3.69. The molecule has 16 heavy (non-hydrogen) atoms. The second kappa shape index (κ2) is 2.05. The van der Waals surface area contributed by atoms with E-state index >= 15 is 0 Å². The third-order valence-corrected chi connectivity index (χ3v) is 4.37. The first-order chi connectivity index (χ1) is 7.57. The Morgan fingerprint density at radius 3 is 2.38 bits per heavy atom. The maximum absolute atomic E-state index is 11.7. The van der Waals surface area contributed by atoms with Gasteiger partial charge in [-0.25, -0.2) is 0 Å². The third-order valence-electron chi connectivity index (χ3n) is 4.37. The summed E-state index contributed by atoms with van der Waals surface area (Å²) in [4.78, 5) is 46.2. The summed E-state index contributed by atoms with van der Waals surface area (Å²) >= 11 is 0. The van der Waals surface area contributed by atoms with E-state index in [0.29, 0.717) is 6.42 Å². The molecule has 82 valence electrons. The van der Waals surface area contributed by atoms with Gasteiger partial charge in [0.25, 0.3) is 0 Å². The fourth-order valence-corrected chi connectivity index (χ4v) is 3.69. The molecule has 0 spiro atoms. The molecule has 6 nitrogen and oxygen atoms in total. The van der Waals surface area contributed by atoms with Gasteiger partial charge in [0.2, 0.25) is 0 Å². The summed E-state index contributed by atoms with van der Waals surface area (Å²) in [6.07, 6.45) is 0.464. The van der Waals surface area contributed by atoms with Crippen molar-refractivity contribution in [2.75, 3.05) is 0 Å². The van der Waals surface area contributed by atoms with Crippen LogP contribution in [0.25, 0.3) is 0 Å². The highest BCUT2D eigenvalue weighted by atomic mass is 16.6. The van der Waals surface area contributed by atoms with Crippen LogP contribution in [0.4, 0.5) is 0 Å². The molecule has 2 aliphatic heterocycles. The van der Waals surface area contributed by atoms with Crippen LogP contribution in [-0.4, -0.2) is 23.9 Å². The van der Waals surface area contributed by atoms with Crippen LogP contribution < -0.4 is 0 Å². The molecular formula is C10H6O6. The standard InChI is InChI=1S/C10H6O6/c11-6-3-2-1-10(2,9(14)16-6)5-4(3)7(12)15-8(5)13/h2-5H,1H2. The molecule has 5 unspecified atom stereocenters. The number of esters is 4. The van der Waals surface area contributed by atoms with Gasteiger partial charge < -0.3 is 9.47 Å². The second-order valence-corrected chi connectivity index (χ2v) is 4.83. The summed E-state index contributed by atoms with van der Waals surface area (Å²) in [5.74, 6) is -5.10. The molecule has 2 heterocycles. The van der Waals surface area contributed by atoms with Gasteiger partial charge in [-0.3, -0.25) is 19.2 Å². The normalized spacial score (nSPS) is 52.0. The van der Waals surface area contributed by atoms with E-state index in [1.807, 2.05) is 0 Å². The van der Waals surface area contributed by atoms with Gasteiger partial charge in [-0.2, -0.15) is 0 Å². The number of hydrogen-bond donors (Lipinski definition) is 0. The second-order valence-electron chi connectivity index (χ2n) is 4.83. The molecule has 2 aliphatic carbocycles. The van der Waals surface area contributed by atoms with Crippen LogP contribution in [0.1, 0.15) is 6.42 Å². The van der Waals surface area contributed by atoms with E-state index in [4.69, 9.17) is 0 Å². The molecule has 2 bridgehead atoms. The number of ether oxygens (including phenoxy) is 2. The minimum Gasteiger partial charge on any atom is -0.393 e. The van der Waals surface area contributed by atoms with Crippen molar-refractivity contribution in [3.63, 3.8) is 0 Å². The molecule has 5 atom stereocenters. The first-order valence-electron chi connectivity index (χ1n) is 5.09. The van der Waals surface area contributed by atoms with Crippen LogP contribution in [0.15, 0.2) is 0 Å². The first kappa shape index (κ1) is 8.43. The predicted octanol–water partition coefficient (Wildman–Crippen LogP) is -0.978. The van der Waals surface area contributed by atoms with Crippen LogP contribution in [0.5, 0.6) is 0 Å². The summed E-state index contributed by atoms with van der Waals surface area (Å²) in [6.45, 7) is 0. The van der Waals surface area contributed by atoms with E-state index in [9.17, 15) is 19.2 Å². The molecule has 0 aromatic rings. The summed E-state index contributed by atoms with van der Waals surface area (Å²) in [5, 5.41) is 0. The maximum atomic E-state index is 11.7. The monoisotopic (exact) mass is 222 g/mol. The molecule has 2 saturated heterocycles. The zero-order valence-corrected chi connectivity index (χ0v) is 7.97. The van der Waals surface area contributed by atoms with Crippen LogP contribution in [0.3, 0.4) is 0 Å². The average Bonchev–Trinajstić information content (AvgIpc) is 2.79. The zero-order chi connectivity index (χ0) is 11.2. The maximum Gasteiger partial charge on any atom is 0.320 e. The van der Waals surface area contributed by atoms with Crippen LogP contribution in [-0.2, 0) is 28.7 Å². The van der Waals surface area contributed by atoms with Crippen molar-refractivity contribution in [3.8, 4) is 0 Å². The third kappa shape index (κ3) is 0.594. The number of cyclic esters (lactones) is 4. The fraction of sp³-hybridized carbons (Fsp3) is 0.600. The van der Waals surface area contributed by atoms with Gasteiger partial charge in [0.05, 0.1) is 23.2 Å². The van der Waals surface area contributed by atoms with Gasteiger partial charge in [-0.1, -0.05) is 0 Å². The van der Waals surface area contributed by atoms with E-state index in [1.54, 1.807) is 0 Å².